The molecule has 0 bridgehead atoms. The van der Waals surface area contributed by atoms with Crippen LogP contribution in [0.25, 0.3) is 0 Å². The van der Waals surface area contributed by atoms with Crippen LogP contribution in [0.5, 0.6) is 0 Å². The zero-order valence-electron chi connectivity index (χ0n) is 38.5. The molecule has 0 saturated carbocycles. The van der Waals surface area contributed by atoms with E-state index < -0.39 is 32.5 Å². The highest BCUT2D eigenvalue weighted by Gasteiger charge is 2.21. The minimum Gasteiger partial charge on any atom is -0.756 e. The lowest BCUT2D eigenvalue weighted by Gasteiger charge is -2.28. The quantitative estimate of drug-likeness (QED) is 0.0196. The van der Waals surface area contributed by atoms with Crippen molar-refractivity contribution in [2.75, 3.05) is 47.5 Å². The second-order valence-electron chi connectivity index (χ2n) is 17.6. The predicted octanol–water partition coefficient (Wildman–Crippen LogP) is 13.3. The van der Waals surface area contributed by atoms with Crippen molar-refractivity contribution in [2.24, 2.45) is 0 Å². The molecule has 0 N–H and O–H groups in total. The van der Waals surface area contributed by atoms with Gasteiger partial charge in [0, 0.05) is 12.2 Å². The predicted molar refractivity (Wildman–Crippen MR) is 241 cm³/mol. The van der Waals surface area contributed by atoms with E-state index in [9.17, 15) is 19.0 Å². The standard InChI is InChI=1S/C48H92NO8P/c1-6-8-10-12-14-16-18-20-22-24-26-28-30-32-34-36-38-40-47(50)54-44-46(45-56-58(52,53)55-43-42-49(3,4)5)57-48(51)41-39-37-35-33-31-29-27-25-23-21-19-17-15-13-11-9-7-2/h38-41,46H,6-37,42-45H2,1-5H3/t46-/m1/s1. The van der Waals surface area contributed by atoms with Gasteiger partial charge in [-0.05, 0) is 25.7 Å². The summed E-state index contributed by atoms with van der Waals surface area (Å²) in [6, 6.07) is 0. The van der Waals surface area contributed by atoms with Gasteiger partial charge in [-0.25, -0.2) is 9.59 Å². The number of carbonyl (C=O) groups is 2. The van der Waals surface area contributed by atoms with Gasteiger partial charge in [0.1, 0.15) is 19.8 Å². The molecule has 0 rings (SSSR count). The monoisotopic (exact) mass is 842 g/mol. The summed E-state index contributed by atoms with van der Waals surface area (Å²) in [7, 11) is 1.12. The first-order chi connectivity index (χ1) is 28.0. The second-order valence-corrected chi connectivity index (χ2v) is 19.0. The van der Waals surface area contributed by atoms with E-state index in [-0.39, 0.29) is 13.2 Å². The second kappa shape index (κ2) is 40.9. The number of quaternary nitrogens is 1. The van der Waals surface area contributed by atoms with E-state index >= 15 is 0 Å². The molecule has 0 spiro atoms. The summed E-state index contributed by atoms with van der Waals surface area (Å²) < 4.78 is 33.7. The smallest absolute Gasteiger partial charge is 0.330 e. The van der Waals surface area contributed by atoms with Crippen molar-refractivity contribution in [3.63, 3.8) is 0 Å². The summed E-state index contributed by atoms with van der Waals surface area (Å²) in [5.41, 5.74) is 0. The maximum absolute atomic E-state index is 12.6. The zero-order chi connectivity index (χ0) is 42.8. The van der Waals surface area contributed by atoms with Crippen molar-refractivity contribution in [2.45, 2.75) is 225 Å². The molecule has 0 heterocycles. The molecular formula is C48H92NO8P. The third-order valence-corrected chi connectivity index (χ3v) is 11.5. The normalized spacial score (nSPS) is 13.7. The van der Waals surface area contributed by atoms with Crippen LogP contribution < -0.4 is 4.89 Å². The first kappa shape index (κ1) is 56.5. The number of likely N-dealkylation sites (N-methyl/N-ethyl adjacent to an activating group) is 1. The highest BCUT2D eigenvalue weighted by Crippen LogP contribution is 2.38. The fraction of sp³-hybridized carbons (Fsp3) is 0.875. The molecular weight excluding hydrogens is 750 g/mol. The van der Waals surface area contributed by atoms with Gasteiger partial charge in [0.2, 0.25) is 0 Å². The molecule has 0 aliphatic carbocycles. The van der Waals surface area contributed by atoms with E-state index in [1.807, 2.05) is 21.1 Å². The van der Waals surface area contributed by atoms with Gasteiger partial charge in [0.05, 0.1) is 27.7 Å². The van der Waals surface area contributed by atoms with Crippen molar-refractivity contribution in [1.82, 2.24) is 0 Å². The number of hydrogen-bond donors (Lipinski definition) is 0. The minimum absolute atomic E-state index is 0.0457. The van der Waals surface area contributed by atoms with Crippen molar-refractivity contribution in [3.05, 3.63) is 24.3 Å². The van der Waals surface area contributed by atoms with E-state index in [1.165, 1.54) is 179 Å². The fourth-order valence-electron chi connectivity index (χ4n) is 6.81. The molecule has 1 unspecified atom stereocenters. The number of esters is 2. The number of ether oxygens (including phenoxy) is 2. The van der Waals surface area contributed by atoms with Crippen LogP contribution in [0.4, 0.5) is 0 Å². The largest absolute Gasteiger partial charge is 0.756 e. The average molecular weight is 842 g/mol. The fourth-order valence-corrected chi connectivity index (χ4v) is 7.54. The number of allylic oxidation sites excluding steroid dienone is 2. The van der Waals surface area contributed by atoms with Crippen LogP contribution in [0.15, 0.2) is 24.3 Å². The Morgan fingerprint density at radius 3 is 1.22 bits per heavy atom. The van der Waals surface area contributed by atoms with E-state index in [0.717, 1.165) is 38.5 Å². The molecule has 10 heteroatoms. The van der Waals surface area contributed by atoms with Crippen molar-refractivity contribution in [1.29, 1.82) is 0 Å². The molecule has 0 aliphatic rings. The number of phosphoric ester groups is 1. The van der Waals surface area contributed by atoms with Crippen LogP contribution in [0.3, 0.4) is 0 Å². The van der Waals surface area contributed by atoms with Gasteiger partial charge in [-0.15, -0.1) is 0 Å². The van der Waals surface area contributed by atoms with Crippen LogP contribution in [-0.4, -0.2) is 70.0 Å². The first-order valence-electron chi connectivity index (χ1n) is 24.1. The molecule has 0 fully saturated rings. The lowest BCUT2D eigenvalue weighted by Crippen LogP contribution is -2.37. The molecule has 342 valence electrons. The molecule has 0 saturated heterocycles. The Balaban J connectivity index is 4.37. The topological polar surface area (TPSA) is 111 Å². The Kier molecular flexibility index (Phi) is 39.8. The van der Waals surface area contributed by atoms with Gasteiger partial charge in [0.25, 0.3) is 7.82 Å². The third-order valence-electron chi connectivity index (χ3n) is 10.6. The summed E-state index contributed by atoms with van der Waals surface area (Å²) in [5.74, 6) is -1.21. The SMILES string of the molecule is CCCCCCCCCCCCCCCCCC=CC(=O)OC[C@H](COP(=O)([O-])OCC[N+](C)(C)C)OC(=O)C=CCCCCCCCCCCCCCCCCC. The Bertz CT molecular complexity index is 1040. The highest BCUT2D eigenvalue weighted by atomic mass is 31.2. The number of phosphoric acid groups is 1. The van der Waals surface area contributed by atoms with Crippen molar-refractivity contribution >= 4 is 19.8 Å². The molecule has 0 aromatic rings. The third kappa shape index (κ3) is 44.1. The maximum Gasteiger partial charge on any atom is 0.330 e. The summed E-state index contributed by atoms with van der Waals surface area (Å²) in [6.45, 7) is 4.10. The summed E-state index contributed by atoms with van der Waals surface area (Å²) in [5, 5.41) is 0. The van der Waals surface area contributed by atoms with Crippen LogP contribution in [0.2, 0.25) is 0 Å². The van der Waals surface area contributed by atoms with Gasteiger partial charge in [0.15, 0.2) is 6.10 Å². The Morgan fingerprint density at radius 2 is 0.862 bits per heavy atom. The zero-order valence-corrected chi connectivity index (χ0v) is 39.4. The molecule has 0 aliphatic heterocycles. The van der Waals surface area contributed by atoms with E-state index in [1.54, 1.807) is 12.2 Å². The number of rotatable bonds is 44. The maximum atomic E-state index is 12.6. The van der Waals surface area contributed by atoms with Gasteiger partial charge in [-0.1, -0.05) is 206 Å². The van der Waals surface area contributed by atoms with Crippen LogP contribution in [0.1, 0.15) is 219 Å². The average Bonchev–Trinajstić information content (AvgIpc) is 3.17. The molecule has 0 aromatic carbocycles. The summed E-state index contributed by atoms with van der Waals surface area (Å²) >= 11 is 0. The van der Waals surface area contributed by atoms with Crippen LogP contribution in [-0.2, 0) is 32.7 Å². The number of nitrogens with zero attached hydrogens (tertiary/aromatic N) is 1. The molecule has 0 radical (unpaired) electrons. The van der Waals surface area contributed by atoms with Crippen LogP contribution in [0, 0.1) is 0 Å². The first-order valence-corrected chi connectivity index (χ1v) is 25.6. The number of unbranched alkanes of at least 4 members (excludes halogenated alkanes) is 30. The lowest BCUT2D eigenvalue weighted by atomic mass is 10.0. The van der Waals surface area contributed by atoms with E-state index in [4.69, 9.17) is 18.5 Å². The Labute approximate surface area is 358 Å². The highest BCUT2D eigenvalue weighted by molar-refractivity contribution is 7.45. The lowest BCUT2D eigenvalue weighted by molar-refractivity contribution is -0.870. The van der Waals surface area contributed by atoms with E-state index in [0.29, 0.717) is 11.0 Å². The van der Waals surface area contributed by atoms with Crippen LogP contribution >= 0.6 is 7.82 Å². The summed E-state index contributed by atoms with van der Waals surface area (Å²) in [6.07, 6.45) is 45.9. The van der Waals surface area contributed by atoms with Crippen molar-refractivity contribution in [3.8, 4) is 0 Å². The molecule has 0 amide bonds. The summed E-state index contributed by atoms with van der Waals surface area (Å²) in [4.78, 5) is 37.4. The number of carbonyl (C=O) groups excluding carboxylic acids is 2. The Morgan fingerprint density at radius 1 is 0.517 bits per heavy atom. The van der Waals surface area contributed by atoms with Crippen molar-refractivity contribution < 1.29 is 42.1 Å². The molecule has 9 nitrogen and oxygen atoms in total. The molecule has 0 aromatic heterocycles. The van der Waals surface area contributed by atoms with Gasteiger partial charge in [-0.3, -0.25) is 4.57 Å². The van der Waals surface area contributed by atoms with E-state index in [2.05, 4.69) is 13.8 Å². The van der Waals surface area contributed by atoms with Gasteiger partial charge >= 0.3 is 11.9 Å². The molecule has 2 atom stereocenters. The van der Waals surface area contributed by atoms with Gasteiger partial charge in [-0.2, -0.15) is 0 Å². The Hall–Kier alpha value is -1.51. The number of hydrogen-bond acceptors (Lipinski definition) is 8. The molecule has 58 heavy (non-hydrogen) atoms. The minimum atomic E-state index is -4.65. The van der Waals surface area contributed by atoms with Gasteiger partial charge < -0.3 is 27.9 Å².